The lowest BCUT2D eigenvalue weighted by atomic mass is 9.89. The molecule has 4 heteroatoms. The molecular weight excluding hydrogens is 392 g/mol. The Bertz CT molecular complexity index is 724. The van der Waals surface area contributed by atoms with Crippen LogP contribution in [0.2, 0.25) is 0 Å². The molecule has 0 atom stereocenters. The molecule has 0 saturated heterocycles. The van der Waals surface area contributed by atoms with E-state index in [0.717, 1.165) is 28.1 Å². The van der Waals surface area contributed by atoms with Crippen molar-refractivity contribution in [3.05, 3.63) is 64.1 Å². The summed E-state index contributed by atoms with van der Waals surface area (Å²) < 4.78 is 1.12. The first-order valence-electron chi connectivity index (χ1n) is 8.96. The van der Waals surface area contributed by atoms with Gasteiger partial charge in [0, 0.05) is 15.7 Å². The number of hydrogen-bond acceptors (Lipinski definition) is 1. The van der Waals surface area contributed by atoms with Gasteiger partial charge < -0.3 is 10.6 Å². The third kappa shape index (κ3) is 5.05. The second-order valence-corrected chi connectivity index (χ2v) is 8.28. The minimum atomic E-state index is 0.129. The Kier molecular flexibility index (Phi) is 6.13. The molecule has 0 heterocycles. The molecular formula is C21H25BrN2S. The van der Waals surface area contributed by atoms with Gasteiger partial charge in [0.25, 0.3) is 0 Å². The van der Waals surface area contributed by atoms with Crippen LogP contribution in [0.25, 0.3) is 0 Å². The molecule has 0 aliphatic heterocycles. The summed E-state index contributed by atoms with van der Waals surface area (Å²) in [5.41, 5.74) is 3.77. The van der Waals surface area contributed by atoms with Gasteiger partial charge in [-0.3, -0.25) is 0 Å². The predicted octanol–water partition coefficient (Wildman–Crippen LogP) is 5.99. The first kappa shape index (κ1) is 18.4. The molecule has 3 rings (SSSR count). The van der Waals surface area contributed by atoms with E-state index in [1.807, 2.05) is 0 Å². The van der Waals surface area contributed by atoms with Crippen LogP contribution in [-0.2, 0) is 6.42 Å². The van der Waals surface area contributed by atoms with Gasteiger partial charge in [-0.05, 0) is 74.2 Å². The number of nitrogens with one attached hydrogen (secondary N) is 2. The lowest BCUT2D eigenvalue weighted by Crippen LogP contribution is -2.48. The third-order valence-electron chi connectivity index (χ3n) is 5.09. The second kappa shape index (κ2) is 8.33. The minimum Gasteiger partial charge on any atom is -0.357 e. The quantitative estimate of drug-likeness (QED) is 0.585. The van der Waals surface area contributed by atoms with Gasteiger partial charge in [-0.25, -0.2) is 0 Å². The van der Waals surface area contributed by atoms with Crippen molar-refractivity contribution in [2.45, 2.75) is 51.0 Å². The van der Waals surface area contributed by atoms with E-state index < -0.39 is 0 Å². The number of halogens is 1. The fourth-order valence-corrected chi connectivity index (χ4v) is 4.22. The molecule has 0 spiro atoms. The van der Waals surface area contributed by atoms with E-state index >= 15 is 0 Å². The highest BCUT2D eigenvalue weighted by Crippen LogP contribution is 2.34. The van der Waals surface area contributed by atoms with Crippen LogP contribution < -0.4 is 10.6 Å². The van der Waals surface area contributed by atoms with Gasteiger partial charge in [0.2, 0.25) is 0 Å². The average Bonchev–Trinajstić information content (AvgIpc) is 3.06. The molecule has 1 saturated carbocycles. The van der Waals surface area contributed by atoms with Crippen LogP contribution in [0.3, 0.4) is 0 Å². The summed E-state index contributed by atoms with van der Waals surface area (Å²) in [6.07, 6.45) is 7.16. The van der Waals surface area contributed by atoms with Crippen LogP contribution >= 0.6 is 28.1 Å². The topological polar surface area (TPSA) is 24.1 Å². The van der Waals surface area contributed by atoms with Crippen molar-refractivity contribution < 1.29 is 0 Å². The molecule has 2 aromatic carbocycles. The lowest BCUT2D eigenvalue weighted by Gasteiger charge is -2.32. The number of rotatable bonds is 5. The molecule has 0 aromatic heterocycles. The van der Waals surface area contributed by atoms with Crippen LogP contribution in [0.1, 0.15) is 43.2 Å². The molecule has 1 aliphatic carbocycles. The van der Waals surface area contributed by atoms with Crippen molar-refractivity contribution in [1.29, 1.82) is 0 Å². The van der Waals surface area contributed by atoms with Gasteiger partial charge >= 0.3 is 0 Å². The van der Waals surface area contributed by atoms with E-state index in [4.69, 9.17) is 12.2 Å². The normalized spacial score (nSPS) is 15.8. The number of hydrogen-bond donors (Lipinski definition) is 2. The molecule has 0 amide bonds. The fraction of sp³-hybridized carbons (Fsp3) is 0.381. The van der Waals surface area contributed by atoms with Crippen LogP contribution in [0.15, 0.2) is 53.0 Å². The third-order valence-corrected chi connectivity index (χ3v) is 6.18. The Labute approximate surface area is 164 Å². The van der Waals surface area contributed by atoms with Gasteiger partial charge in [-0.2, -0.15) is 0 Å². The standard InChI is InChI=1S/C21H25BrN2S/c1-16-15-18(9-10-19(16)22)23-20(25)24-21(12-5-6-13-21)14-11-17-7-3-2-4-8-17/h2-4,7-10,15H,5-6,11-14H2,1H3,(H2,23,24,25). The number of benzene rings is 2. The zero-order valence-corrected chi connectivity index (χ0v) is 17.1. The van der Waals surface area contributed by atoms with Crippen LogP contribution in [0, 0.1) is 6.92 Å². The fourth-order valence-electron chi connectivity index (χ4n) is 3.64. The molecule has 25 heavy (non-hydrogen) atoms. The smallest absolute Gasteiger partial charge is 0.171 e. The molecule has 132 valence electrons. The van der Waals surface area contributed by atoms with Crippen molar-refractivity contribution in [1.82, 2.24) is 5.32 Å². The van der Waals surface area contributed by atoms with Crippen molar-refractivity contribution in [2.75, 3.05) is 5.32 Å². The van der Waals surface area contributed by atoms with Crippen molar-refractivity contribution in [3.63, 3.8) is 0 Å². The summed E-state index contributed by atoms with van der Waals surface area (Å²) in [6, 6.07) is 17.0. The minimum absolute atomic E-state index is 0.129. The summed E-state index contributed by atoms with van der Waals surface area (Å²) in [5.74, 6) is 0. The van der Waals surface area contributed by atoms with Gasteiger partial charge in [-0.1, -0.05) is 59.1 Å². The summed E-state index contributed by atoms with van der Waals surface area (Å²) in [5, 5.41) is 7.75. The summed E-state index contributed by atoms with van der Waals surface area (Å²) in [7, 11) is 0. The zero-order valence-electron chi connectivity index (χ0n) is 14.6. The number of thiocarbonyl (C=S) groups is 1. The van der Waals surface area contributed by atoms with Crippen LogP contribution in [0.5, 0.6) is 0 Å². The molecule has 0 radical (unpaired) electrons. The predicted molar refractivity (Wildman–Crippen MR) is 114 cm³/mol. The average molecular weight is 417 g/mol. The van der Waals surface area contributed by atoms with Gasteiger partial charge in [0.1, 0.15) is 0 Å². The summed E-state index contributed by atoms with van der Waals surface area (Å²) in [6.45, 7) is 2.09. The van der Waals surface area contributed by atoms with E-state index in [1.165, 1.54) is 36.8 Å². The summed E-state index contributed by atoms with van der Waals surface area (Å²) >= 11 is 9.16. The first-order valence-corrected chi connectivity index (χ1v) is 10.2. The SMILES string of the molecule is Cc1cc(NC(=S)NC2(CCc3ccccc3)CCCC2)ccc1Br. The monoisotopic (exact) mass is 416 g/mol. The van der Waals surface area contributed by atoms with E-state index in [2.05, 4.69) is 82.0 Å². The Morgan fingerprint density at radius 1 is 1.12 bits per heavy atom. The maximum atomic E-state index is 5.62. The van der Waals surface area contributed by atoms with E-state index in [0.29, 0.717) is 0 Å². The Morgan fingerprint density at radius 3 is 2.52 bits per heavy atom. The van der Waals surface area contributed by atoms with Gasteiger partial charge in [0.05, 0.1) is 0 Å². The molecule has 1 aliphatic rings. The maximum absolute atomic E-state index is 5.62. The van der Waals surface area contributed by atoms with Gasteiger partial charge in [-0.15, -0.1) is 0 Å². The molecule has 2 nitrogen and oxygen atoms in total. The van der Waals surface area contributed by atoms with Crippen molar-refractivity contribution in [3.8, 4) is 0 Å². The van der Waals surface area contributed by atoms with Gasteiger partial charge in [0.15, 0.2) is 5.11 Å². The van der Waals surface area contributed by atoms with Crippen LogP contribution in [0.4, 0.5) is 5.69 Å². The molecule has 0 unspecified atom stereocenters. The maximum Gasteiger partial charge on any atom is 0.171 e. The van der Waals surface area contributed by atoms with E-state index in [9.17, 15) is 0 Å². The lowest BCUT2D eigenvalue weighted by molar-refractivity contribution is 0.362. The highest BCUT2D eigenvalue weighted by molar-refractivity contribution is 9.10. The van der Waals surface area contributed by atoms with E-state index in [1.54, 1.807) is 0 Å². The second-order valence-electron chi connectivity index (χ2n) is 7.02. The molecule has 1 fully saturated rings. The number of anilines is 1. The highest BCUT2D eigenvalue weighted by atomic mass is 79.9. The largest absolute Gasteiger partial charge is 0.357 e. The van der Waals surface area contributed by atoms with Crippen LogP contribution in [-0.4, -0.2) is 10.7 Å². The number of aryl methyl sites for hydroxylation is 2. The molecule has 0 bridgehead atoms. The Morgan fingerprint density at radius 2 is 1.84 bits per heavy atom. The Hall–Kier alpha value is -1.39. The molecule has 2 aromatic rings. The van der Waals surface area contributed by atoms with E-state index in [-0.39, 0.29) is 5.54 Å². The Balaban J connectivity index is 1.62. The van der Waals surface area contributed by atoms with Crippen molar-refractivity contribution in [2.24, 2.45) is 0 Å². The molecule has 2 N–H and O–H groups in total. The highest BCUT2D eigenvalue weighted by Gasteiger charge is 2.33. The first-order chi connectivity index (χ1) is 12.1. The summed E-state index contributed by atoms with van der Waals surface area (Å²) in [4.78, 5) is 0. The van der Waals surface area contributed by atoms with Crippen molar-refractivity contribution >= 4 is 38.9 Å². The zero-order chi connectivity index (χ0) is 17.7.